The molecule has 1 aromatic carbocycles. The highest BCUT2D eigenvalue weighted by Gasteiger charge is 2.60. The van der Waals surface area contributed by atoms with Crippen LogP contribution in [0, 0.1) is 5.92 Å². The van der Waals surface area contributed by atoms with E-state index in [0.717, 1.165) is 31.2 Å². The van der Waals surface area contributed by atoms with Crippen molar-refractivity contribution in [2.45, 2.75) is 102 Å². The molecule has 2 heterocycles. The maximum absolute atomic E-state index is 13.7. The van der Waals surface area contributed by atoms with Gasteiger partial charge in [0.1, 0.15) is 23.2 Å². The molecular formula is C32H44N4O7. The van der Waals surface area contributed by atoms with Crippen LogP contribution >= 0.6 is 0 Å². The maximum Gasteiger partial charge on any atom is 0.408 e. The van der Waals surface area contributed by atoms with Crippen LogP contribution in [-0.2, 0) is 30.4 Å². The molecule has 2 aliphatic heterocycles. The van der Waals surface area contributed by atoms with Crippen molar-refractivity contribution in [3.05, 3.63) is 47.5 Å². The number of carbonyl (C=O) groups excluding carboxylic acids is 5. The third-order valence-electron chi connectivity index (χ3n) is 8.13. The van der Waals surface area contributed by atoms with Crippen molar-refractivity contribution in [1.29, 1.82) is 0 Å². The molecule has 0 radical (unpaired) electrons. The van der Waals surface area contributed by atoms with E-state index in [9.17, 15) is 24.0 Å². The SMILES string of the molecule is COC(=O)c1cccc(CNC(=O)[C@@]23CC2/C=C\CCCCC[C@H](NC(=O)OC(C)(C)C)C(=O)N2CCC[C@H]2C(=O)N3)c1. The van der Waals surface area contributed by atoms with Gasteiger partial charge < -0.3 is 30.3 Å². The van der Waals surface area contributed by atoms with Gasteiger partial charge in [-0.2, -0.15) is 0 Å². The van der Waals surface area contributed by atoms with Crippen molar-refractivity contribution in [3.8, 4) is 0 Å². The minimum atomic E-state index is -1.13. The van der Waals surface area contributed by atoms with Gasteiger partial charge in [-0.25, -0.2) is 9.59 Å². The Balaban J connectivity index is 1.50. The van der Waals surface area contributed by atoms with Crippen molar-refractivity contribution >= 4 is 29.8 Å². The largest absolute Gasteiger partial charge is 0.465 e. The summed E-state index contributed by atoms with van der Waals surface area (Å²) in [4.78, 5) is 67.1. The van der Waals surface area contributed by atoms with E-state index in [0.29, 0.717) is 37.8 Å². The minimum Gasteiger partial charge on any atom is -0.465 e. The lowest BCUT2D eigenvalue weighted by molar-refractivity contribution is -0.141. The summed E-state index contributed by atoms with van der Waals surface area (Å²) >= 11 is 0. The van der Waals surface area contributed by atoms with Gasteiger partial charge in [-0.05, 0) is 77.0 Å². The van der Waals surface area contributed by atoms with E-state index in [4.69, 9.17) is 9.47 Å². The van der Waals surface area contributed by atoms with Crippen molar-refractivity contribution < 1.29 is 33.4 Å². The monoisotopic (exact) mass is 596 g/mol. The van der Waals surface area contributed by atoms with E-state index in [1.807, 2.05) is 6.08 Å². The van der Waals surface area contributed by atoms with E-state index in [-0.39, 0.29) is 30.2 Å². The number of esters is 1. The summed E-state index contributed by atoms with van der Waals surface area (Å²) in [7, 11) is 1.31. The fourth-order valence-electron chi connectivity index (χ4n) is 5.81. The predicted octanol–water partition coefficient (Wildman–Crippen LogP) is 3.37. The molecule has 4 atom stereocenters. The zero-order valence-corrected chi connectivity index (χ0v) is 25.6. The molecule has 11 heteroatoms. The number of amides is 4. The first-order valence-electron chi connectivity index (χ1n) is 15.2. The smallest absolute Gasteiger partial charge is 0.408 e. The maximum atomic E-state index is 13.7. The molecule has 1 saturated heterocycles. The Labute approximate surface area is 253 Å². The Morgan fingerprint density at radius 1 is 1.09 bits per heavy atom. The summed E-state index contributed by atoms with van der Waals surface area (Å²) in [5.74, 6) is -1.64. The van der Waals surface area contributed by atoms with Crippen LogP contribution in [0.1, 0.15) is 88.1 Å². The van der Waals surface area contributed by atoms with Gasteiger partial charge in [0, 0.05) is 19.0 Å². The molecule has 3 aliphatic rings. The molecule has 2 fully saturated rings. The fraction of sp³-hybridized carbons (Fsp3) is 0.594. The van der Waals surface area contributed by atoms with Crippen molar-refractivity contribution in [2.24, 2.45) is 5.92 Å². The lowest BCUT2D eigenvalue weighted by Crippen LogP contribution is -2.57. The number of alkyl carbamates (subject to hydrolysis) is 1. The van der Waals surface area contributed by atoms with Crippen LogP contribution < -0.4 is 16.0 Å². The zero-order chi connectivity index (χ0) is 31.2. The first-order chi connectivity index (χ1) is 20.4. The molecule has 1 unspecified atom stereocenters. The van der Waals surface area contributed by atoms with E-state index >= 15 is 0 Å². The summed E-state index contributed by atoms with van der Waals surface area (Å²) in [5, 5.41) is 8.69. The van der Waals surface area contributed by atoms with Crippen LogP contribution in [0.25, 0.3) is 0 Å². The highest BCUT2D eigenvalue weighted by Crippen LogP contribution is 2.45. The van der Waals surface area contributed by atoms with Crippen LogP contribution in [0.15, 0.2) is 36.4 Å². The van der Waals surface area contributed by atoms with Gasteiger partial charge in [-0.3, -0.25) is 14.4 Å². The van der Waals surface area contributed by atoms with Gasteiger partial charge in [0.15, 0.2) is 0 Å². The van der Waals surface area contributed by atoms with Crippen LogP contribution in [0.5, 0.6) is 0 Å². The highest BCUT2D eigenvalue weighted by atomic mass is 16.6. The number of allylic oxidation sites excluding steroid dienone is 1. The Morgan fingerprint density at radius 3 is 2.63 bits per heavy atom. The van der Waals surface area contributed by atoms with E-state index in [1.165, 1.54) is 12.0 Å². The molecule has 3 N–H and O–H groups in total. The fourth-order valence-corrected chi connectivity index (χ4v) is 5.81. The van der Waals surface area contributed by atoms with Gasteiger partial charge in [-0.15, -0.1) is 0 Å². The molecule has 1 aromatic rings. The zero-order valence-electron chi connectivity index (χ0n) is 25.6. The van der Waals surface area contributed by atoms with Crippen LogP contribution in [0.4, 0.5) is 4.79 Å². The number of carbonyl (C=O) groups is 5. The molecule has 0 aromatic heterocycles. The molecule has 1 aliphatic carbocycles. The number of hydrogen-bond acceptors (Lipinski definition) is 7. The molecule has 0 bridgehead atoms. The molecule has 0 spiro atoms. The van der Waals surface area contributed by atoms with E-state index < -0.39 is 35.3 Å². The summed E-state index contributed by atoms with van der Waals surface area (Å²) in [6, 6.07) is 5.26. The number of nitrogens with zero attached hydrogens (tertiary/aromatic N) is 1. The summed E-state index contributed by atoms with van der Waals surface area (Å²) < 4.78 is 10.2. The van der Waals surface area contributed by atoms with Crippen LogP contribution in [0.3, 0.4) is 0 Å². The van der Waals surface area contributed by atoms with Gasteiger partial charge in [0.05, 0.1) is 12.7 Å². The summed E-state index contributed by atoms with van der Waals surface area (Å²) in [5.41, 5.74) is -0.735. The topological polar surface area (TPSA) is 143 Å². The molecule has 43 heavy (non-hydrogen) atoms. The third kappa shape index (κ3) is 8.14. The molecule has 11 nitrogen and oxygen atoms in total. The quantitative estimate of drug-likeness (QED) is 0.349. The first kappa shape index (κ1) is 32.0. The summed E-state index contributed by atoms with van der Waals surface area (Å²) in [6.45, 7) is 5.84. The number of hydrogen-bond donors (Lipinski definition) is 3. The highest BCUT2D eigenvalue weighted by molar-refractivity contribution is 5.98. The number of nitrogens with one attached hydrogen (secondary N) is 3. The number of fused-ring (bicyclic) bond motifs is 2. The Bertz CT molecular complexity index is 1260. The Morgan fingerprint density at radius 2 is 1.88 bits per heavy atom. The second-order valence-corrected chi connectivity index (χ2v) is 12.6. The van der Waals surface area contributed by atoms with Crippen molar-refractivity contribution in [1.82, 2.24) is 20.9 Å². The normalized spacial score (nSPS) is 26.9. The Kier molecular flexibility index (Phi) is 10.1. The predicted molar refractivity (Wildman–Crippen MR) is 159 cm³/mol. The third-order valence-corrected chi connectivity index (χ3v) is 8.13. The standard InChI is InChI=1S/C32H44N4O7/c1-31(2,3)43-30(41)34-24-15-9-7-5-6-8-14-23-19-32(23,35-26(37)25-16-11-17-36(25)27(24)38)29(40)33-20-21-12-10-13-22(18-21)28(39)42-4/h8,10,12-14,18,23-25H,5-7,9,11,15-17,19-20H2,1-4H3,(H,33,40)(H,34,41)(H,35,37)/b14-8-/t23?,24-,25-,32+/m0/s1. The number of methoxy groups -OCH3 is 1. The average molecular weight is 597 g/mol. The number of rotatable bonds is 5. The van der Waals surface area contributed by atoms with Gasteiger partial charge in [0.2, 0.25) is 17.7 Å². The Hall–Kier alpha value is -3.89. The summed E-state index contributed by atoms with van der Waals surface area (Å²) in [6.07, 6.45) is 8.68. The number of benzene rings is 1. The first-order valence-corrected chi connectivity index (χ1v) is 15.2. The average Bonchev–Trinajstić information content (AvgIpc) is 3.42. The van der Waals surface area contributed by atoms with Crippen molar-refractivity contribution in [3.63, 3.8) is 0 Å². The minimum absolute atomic E-state index is 0.170. The second-order valence-electron chi connectivity index (χ2n) is 12.6. The number of ether oxygens (including phenoxy) is 2. The van der Waals surface area contributed by atoms with Gasteiger partial charge in [0.25, 0.3) is 0 Å². The van der Waals surface area contributed by atoms with Gasteiger partial charge >= 0.3 is 12.1 Å². The lowest BCUT2D eigenvalue weighted by atomic mass is 10.0. The second kappa shape index (κ2) is 13.6. The molecule has 4 rings (SSSR count). The van der Waals surface area contributed by atoms with E-state index in [2.05, 4.69) is 22.0 Å². The molecule has 234 valence electrons. The molecule has 4 amide bonds. The van der Waals surface area contributed by atoms with Crippen LogP contribution in [-0.4, -0.2) is 71.6 Å². The molecule has 1 saturated carbocycles. The van der Waals surface area contributed by atoms with Crippen LogP contribution in [0.2, 0.25) is 0 Å². The molecular weight excluding hydrogens is 552 g/mol. The van der Waals surface area contributed by atoms with Crippen molar-refractivity contribution in [2.75, 3.05) is 13.7 Å². The van der Waals surface area contributed by atoms with E-state index in [1.54, 1.807) is 45.0 Å². The lowest BCUT2D eigenvalue weighted by Gasteiger charge is -2.30. The van der Waals surface area contributed by atoms with Gasteiger partial charge in [-0.1, -0.05) is 37.1 Å².